The lowest BCUT2D eigenvalue weighted by Gasteiger charge is -2.08. The third-order valence-corrected chi connectivity index (χ3v) is 5.96. The number of allylic oxidation sites excluding steroid dienone is 3. The van der Waals surface area contributed by atoms with Gasteiger partial charge in [-0.25, -0.2) is 4.79 Å². The van der Waals surface area contributed by atoms with Gasteiger partial charge in [-0.1, -0.05) is 85.6 Å². The molecule has 1 unspecified atom stereocenters. The topological polar surface area (TPSA) is 55.7 Å². The minimum absolute atomic E-state index is 0.201. The second-order valence-corrected chi connectivity index (χ2v) is 8.87. The normalized spacial score (nSPS) is 12.9. The lowest BCUT2D eigenvalue weighted by atomic mass is 10.0. The largest absolute Gasteiger partial charge is 0.341 e. The number of carbonyl (C=O) groups is 2. The standard InChI is InChI=1S/C28H33NO3S/c1-4-6-8-13-17-26(29-32-28(31)22(3)14-10-7-5-2)27(30)23-18-20-25(21-19-23)33-24-15-11-9-12-16-24/h5,7,9-12,14-16,18-22H,4,6,8,13,17H2,1-3H3/b7-5-,14-10-,29-26+. The van der Waals surface area contributed by atoms with Gasteiger partial charge in [0.15, 0.2) is 0 Å². The molecule has 0 bridgehead atoms. The van der Waals surface area contributed by atoms with Gasteiger partial charge in [0.2, 0.25) is 5.78 Å². The van der Waals surface area contributed by atoms with Crippen molar-refractivity contribution in [1.82, 2.24) is 0 Å². The molecule has 2 aromatic carbocycles. The Morgan fingerprint density at radius 2 is 1.67 bits per heavy atom. The van der Waals surface area contributed by atoms with Crippen molar-refractivity contribution in [1.29, 1.82) is 0 Å². The minimum atomic E-state index is -0.482. The molecule has 174 valence electrons. The Labute approximate surface area is 201 Å². The third-order valence-electron chi connectivity index (χ3n) is 4.95. The van der Waals surface area contributed by atoms with Crippen LogP contribution in [-0.4, -0.2) is 17.5 Å². The van der Waals surface area contributed by atoms with Gasteiger partial charge in [0.25, 0.3) is 0 Å². The second kappa shape index (κ2) is 15.0. The summed E-state index contributed by atoms with van der Waals surface area (Å²) in [6, 6.07) is 17.6. The van der Waals surface area contributed by atoms with Crippen LogP contribution < -0.4 is 0 Å². The van der Waals surface area contributed by atoms with E-state index in [9.17, 15) is 9.59 Å². The molecule has 4 nitrogen and oxygen atoms in total. The molecule has 0 N–H and O–H groups in total. The molecule has 0 radical (unpaired) electrons. The number of oxime groups is 1. The van der Waals surface area contributed by atoms with Crippen LogP contribution in [0.5, 0.6) is 0 Å². The molecule has 0 heterocycles. The number of hydrogen-bond acceptors (Lipinski definition) is 5. The van der Waals surface area contributed by atoms with Crippen LogP contribution in [0, 0.1) is 5.92 Å². The lowest BCUT2D eigenvalue weighted by molar-refractivity contribution is -0.146. The molecular weight excluding hydrogens is 430 g/mol. The smallest absolute Gasteiger partial charge is 0.317 e. The summed E-state index contributed by atoms with van der Waals surface area (Å²) in [5.74, 6) is -1.13. The lowest BCUT2D eigenvalue weighted by Crippen LogP contribution is -2.18. The zero-order valence-corrected chi connectivity index (χ0v) is 20.5. The van der Waals surface area contributed by atoms with E-state index < -0.39 is 11.9 Å². The first kappa shape index (κ1) is 26.3. The number of nitrogens with zero attached hydrogens (tertiary/aromatic N) is 1. The van der Waals surface area contributed by atoms with E-state index in [0.29, 0.717) is 12.0 Å². The van der Waals surface area contributed by atoms with Gasteiger partial charge >= 0.3 is 5.97 Å². The minimum Gasteiger partial charge on any atom is -0.317 e. The Hall–Kier alpha value is -2.92. The molecule has 33 heavy (non-hydrogen) atoms. The van der Waals surface area contributed by atoms with Crippen LogP contribution in [0.25, 0.3) is 0 Å². The maximum absolute atomic E-state index is 13.1. The van der Waals surface area contributed by atoms with Gasteiger partial charge in [0.05, 0.1) is 5.92 Å². The van der Waals surface area contributed by atoms with E-state index in [4.69, 9.17) is 4.84 Å². The molecule has 0 spiro atoms. The Morgan fingerprint density at radius 1 is 0.970 bits per heavy atom. The number of unbranched alkanes of at least 4 members (excludes halogenated alkanes) is 3. The molecule has 0 saturated heterocycles. The first-order valence-corrected chi connectivity index (χ1v) is 12.3. The molecule has 2 aromatic rings. The average Bonchev–Trinajstić information content (AvgIpc) is 2.84. The van der Waals surface area contributed by atoms with Gasteiger partial charge in [0.1, 0.15) is 5.71 Å². The summed E-state index contributed by atoms with van der Waals surface area (Å²) in [6.07, 6.45) is 11.8. The molecule has 1 atom stereocenters. The van der Waals surface area contributed by atoms with E-state index in [-0.39, 0.29) is 11.5 Å². The summed E-state index contributed by atoms with van der Waals surface area (Å²) in [7, 11) is 0. The van der Waals surface area contributed by atoms with Crippen LogP contribution >= 0.6 is 11.8 Å². The highest BCUT2D eigenvalue weighted by Crippen LogP contribution is 2.27. The predicted molar refractivity (Wildman–Crippen MR) is 137 cm³/mol. The first-order valence-electron chi connectivity index (χ1n) is 11.5. The molecule has 5 heteroatoms. The second-order valence-electron chi connectivity index (χ2n) is 7.73. The third kappa shape index (κ3) is 9.62. The fourth-order valence-electron chi connectivity index (χ4n) is 2.99. The summed E-state index contributed by atoms with van der Waals surface area (Å²) in [6.45, 7) is 5.78. The van der Waals surface area contributed by atoms with Crippen LogP contribution in [0.1, 0.15) is 63.2 Å². The summed E-state index contributed by atoms with van der Waals surface area (Å²) in [4.78, 5) is 32.7. The van der Waals surface area contributed by atoms with E-state index in [1.165, 1.54) is 0 Å². The Bertz CT molecular complexity index is 962. The van der Waals surface area contributed by atoms with E-state index >= 15 is 0 Å². The summed E-state index contributed by atoms with van der Waals surface area (Å²) >= 11 is 1.64. The van der Waals surface area contributed by atoms with Crippen molar-refractivity contribution < 1.29 is 14.4 Å². The van der Waals surface area contributed by atoms with Gasteiger partial charge in [-0.15, -0.1) is 0 Å². The molecule has 0 aliphatic heterocycles. The monoisotopic (exact) mass is 463 g/mol. The molecular formula is C28H33NO3S. The highest BCUT2D eigenvalue weighted by atomic mass is 32.2. The van der Waals surface area contributed by atoms with Crippen molar-refractivity contribution in [2.75, 3.05) is 0 Å². The number of carbonyl (C=O) groups excluding carboxylic acids is 2. The highest BCUT2D eigenvalue weighted by molar-refractivity contribution is 7.99. The molecule has 0 amide bonds. The Balaban J connectivity index is 2.10. The van der Waals surface area contributed by atoms with E-state index in [0.717, 1.165) is 35.5 Å². The van der Waals surface area contributed by atoms with Crippen LogP contribution in [0.2, 0.25) is 0 Å². The Morgan fingerprint density at radius 3 is 2.33 bits per heavy atom. The summed E-state index contributed by atoms with van der Waals surface area (Å²) in [5.41, 5.74) is 0.825. The maximum Gasteiger partial charge on any atom is 0.341 e. The molecule has 0 fully saturated rings. The number of benzene rings is 2. The maximum atomic E-state index is 13.1. The van der Waals surface area contributed by atoms with E-state index in [1.54, 1.807) is 43.0 Å². The first-order chi connectivity index (χ1) is 16.0. The SMILES string of the molecule is C/C=C\C=C/C(C)C(=O)O/N=C(\CCCCCC)C(=O)c1ccc(Sc2ccccc2)cc1. The van der Waals surface area contributed by atoms with E-state index in [1.807, 2.05) is 61.5 Å². The van der Waals surface area contributed by atoms with Crippen LogP contribution in [0.15, 0.2) is 93.8 Å². The van der Waals surface area contributed by atoms with Gasteiger partial charge in [-0.3, -0.25) is 4.79 Å². The van der Waals surface area contributed by atoms with Crippen molar-refractivity contribution in [2.24, 2.45) is 11.1 Å². The van der Waals surface area contributed by atoms with Crippen molar-refractivity contribution in [3.63, 3.8) is 0 Å². The Kier molecular flexibility index (Phi) is 12.0. The molecule has 0 aliphatic carbocycles. The van der Waals surface area contributed by atoms with Crippen LogP contribution in [0.4, 0.5) is 0 Å². The van der Waals surface area contributed by atoms with Crippen molar-refractivity contribution in [3.05, 3.63) is 84.5 Å². The van der Waals surface area contributed by atoms with Crippen molar-refractivity contribution in [2.45, 2.75) is 62.7 Å². The fourth-order valence-corrected chi connectivity index (χ4v) is 3.83. The quantitative estimate of drug-likeness (QED) is 0.0764. The molecule has 2 rings (SSSR count). The number of Topliss-reactive ketones (excluding diaryl/α,β-unsaturated/α-hetero) is 1. The van der Waals surface area contributed by atoms with Crippen LogP contribution in [0.3, 0.4) is 0 Å². The molecule has 0 aromatic heterocycles. The van der Waals surface area contributed by atoms with Gasteiger partial charge in [-0.05, 0) is 63.1 Å². The average molecular weight is 464 g/mol. The van der Waals surface area contributed by atoms with Crippen molar-refractivity contribution in [3.8, 4) is 0 Å². The fraction of sp³-hybridized carbons (Fsp3) is 0.321. The van der Waals surface area contributed by atoms with Gasteiger partial charge in [0, 0.05) is 15.4 Å². The predicted octanol–water partition coefficient (Wildman–Crippen LogP) is 7.66. The van der Waals surface area contributed by atoms with E-state index in [2.05, 4.69) is 12.1 Å². The molecule has 0 saturated carbocycles. The van der Waals surface area contributed by atoms with Crippen LogP contribution in [-0.2, 0) is 9.63 Å². The van der Waals surface area contributed by atoms with Gasteiger partial charge in [-0.2, -0.15) is 0 Å². The van der Waals surface area contributed by atoms with Gasteiger partial charge < -0.3 is 4.84 Å². The zero-order chi connectivity index (χ0) is 23.9. The zero-order valence-electron chi connectivity index (χ0n) is 19.7. The molecule has 0 aliphatic rings. The number of rotatable bonds is 13. The van der Waals surface area contributed by atoms with Crippen molar-refractivity contribution >= 4 is 29.2 Å². The summed E-state index contributed by atoms with van der Waals surface area (Å²) in [5, 5.41) is 4.00. The number of ketones is 1. The summed E-state index contributed by atoms with van der Waals surface area (Å²) < 4.78 is 0. The number of hydrogen-bond donors (Lipinski definition) is 0. The highest BCUT2D eigenvalue weighted by Gasteiger charge is 2.17.